The minimum absolute atomic E-state index is 0.113. The van der Waals surface area contributed by atoms with Crippen LogP contribution in [0.5, 0.6) is 0 Å². The summed E-state index contributed by atoms with van der Waals surface area (Å²) < 4.78 is 53.7. The van der Waals surface area contributed by atoms with Crippen molar-refractivity contribution in [3.05, 3.63) is 155 Å². The summed E-state index contributed by atoms with van der Waals surface area (Å²) in [6, 6.07) is 24.3. The average molecular weight is 504 g/mol. The van der Waals surface area contributed by atoms with Crippen molar-refractivity contribution in [3.63, 3.8) is 0 Å². The number of rotatable bonds is 9. The highest BCUT2D eigenvalue weighted by atomic mass is 19.1. The van der Waals surface area contributed by atoms with E-state index in [1.165, 1.54) is 48.5 Å². The van der Waals surface area contributed by atoms with Gasteiger partial charge in [0.15, 0.2) is 5.60 Å². The summed E-state index contributed by atoms with van der Waals surface area (Å²) in [5.74, 6) is -0.0746. The maximum Gasteiger partial charge on any atom is 0.173 e. The van der Waals surface area contributed by atoms with Crippen molar-refractivity contribution in [1.29, 1.82) is 0 Å². The minimum atomic E-state index is -1.93. The fraction of sp³-hybridized carbons (Fsp3) is 0.133. The van der Waals surface area contributed by atoms with E-state index >= 15 is 0 Å². The lowest BCUT2D eigenvalue weighted by atomic mass is 9.84. The molecule has 37 heavy (non-hydrogen) atoms. The lowest BCUT2D eigenvalue weighted by molar-refractivity contribution is 0.0941. The topological polar surface area (TPSA) is 49.8 Å². The predicted molar refractivity (Wildman–Crippen MR) is 132 cm³/mol. The molecule has 188 valence electrons. The van der Waals surface area contributed by atoms with E-state index in [4.69, 9.17) is 8.83 Å². The van der Waals surface area contributed by atoms with E-state index in [0.29, 0.717) is 25.4 Å². The highest BCUT2D eigenvalue weighted by Gasteiger charge is 2.38. The smallest absolute Gasteiger partial charge is 0.173 e. The molecule has 5 aromatic rings. The summed E-state index contributed by atoms with van der Waals surface area (Å²) in [6.45, 7) is 1.14. The summed E-state index contributed by atoms with van der Waals surface area (Å²) in [5.41, 5.74) is -0.761. The monoisotopic (exact) mass is 503 g/mol. The van der Waals surface area contributed by atoms with Gasteiger partial charge in [-0.25, -0.2) is 13.2 Å². The Bertz CT molecular complexity index is 1430. The van der Waals surface area contributed by atoms with E-state index in [9.17, 15) is 18.3 Å². The van der Waals surface area contributed by atoms with E-state index in [-0.39, 0.29) is 22.7 Å². The number of aliphatic hydroxyl groups is 1. The maximum absolute atomic E-state index is 14.1. The van der Waals surface area contributed by atoms with E-state index in [1.54, 1.807) is 42.7 Å². The van der Waals surface area contributed by atoms with Crippen molar-refractivity contribution in [3.8, 4) is 0 Å². The minimum Gasteiger partial charge on any atom is -0.468 e. The highest BCUT2D eigenvalue weighted by Crippen LogP contribution is 2.38. The van der Waals surface area contributed by atoms with Crippen molar-refractivity contribution in [2.75, 3.05) is 0 Å². The van der Waals surface area contributed by atoms with Crippen LogP contribution in [0, 0.1) is 17.5 Å². The number of nitrogens with zero attached hydrogens (tertiary/aromatic N) is 1. The van der Waals surface area contributed by atoms with Crippen molar-refractivity contribution in [2.45, 2.75) is 25.2 Å². The van der Waals surface area contributed by atoms with Gasteiger partial charge in [-0.3, -0.25) is 4.90 Å². The molecule has 0 aliphatic heterocycles. The SMILES string of the molecule is OC(c1cccc(F)c1)(c1cccc(F)c1)c1ccc(CN(Cc2cccc(F)c2)Cc2ccco2)o1. The Kier molecular flexibility index (Phi) is 6.99. The van der Waals surface area contributed by atoms with Gasteiger partial charge >= 0.3 is 0 Å². The maximum atomic E-state index is 14.1. The molecular formula is C30H24F3NO3. The van der Waals surface area contributed by atoms with Gasteiger partial charge in [0.1, 0.15) is 34.7 Å². The van der Waals surface area contributed by atoms with Gasteiger partial charge in [0.2, 0.25) is 0 Å². The molecule has 0 saturated heterocycles. The van der Waals surface area contributed by atoms with Crippen LogP contribution >= 0.6 is 0 Å². The third-order valence-corrected chi connectivity index (χ3v) is 6.14. The molecule has 4 nitrogen and oxygen atoms in total. The normalized spacial score (nSPS) is 11.8. The summed E-state index contributed by atoms with van der Waals surface area (Å²) >= 11 is 0. The van der Waals surface area contributed by atoms with Gasteiger partial charge in [-0.2, -0.15) is 0 Å². The Balaban J connectivity index is 1.49. The van der Waals surface area contributed by atoms with Crippen LogP contribution in [0.4, 0.5) is 13.2 Å². The number of benzene rings is 3. The van der Waals surface area contributed by atoms with Gasteiger partial charge in [0.05, 0.1) is 19.4 Å². The van der Waals surface area contributed by atoms with Crippen LogP contribution < -0.4 is 0 Å². The quantitative estimate of drug-likeness (QED) is 0.241. The molecule has 0 fully saturated rings. The lowest BCUT2D eigenvalue weighted by Crippen LogP contribution is -2.28. The molecule has 7 heteroatoms. The first-order valence-corrected chi connectivity index (χ1v) is 11.7. The summed E-state index contributed by atoms with van der Waals surface area (Å²) in [5, 5.41) is 11.9. The zero-order valence-electron chi connectivity index (χ0n) is 19.8. The molecule has 0 atom stereocenters. The fourth-order valence-corrected chi connectivity index (χ4v) is 4.44. The van der Waals surface area contributed by atoms with Gasteiger partial charge in [0.25, 0.3) is 0 Å². The van der Waals surface area contributed by atoms with Gasteiger partial charge in [-0.1, -0.05) is 36.4 Å². The summed E-state index contributed by atoms with van der Waals surface area (Å²) in [6.07, 6.45) is 1.58. The molecular weight excluding hydrogens is 479 g/mol. The molecule has 3 aromatic carbocycles. The van der Waals surface area contributed by atoms with E-state index in [2.05, 4.69) is 0 Å². The molecule has 2 aromatic heterocycles. The molecule has 2 heterocycles. The molecule has 0 spiro atoms. The lowest BCUT2D eigenvalue weighted by Gasteiger charge is -2.27. The van der Waals surface area contributed by atoms with Crippen LogP contribution in [-0.4, -0.2) is 10.0 Å². The van der Waals surface area contributed by atoms with Crippen molar-refractivity contribution in [2.24, 2.45) is 0 Å². The third kappa shape index (κ3) is 5.53. The van der Waals surface area contributed by atoms with Gasteiger partial charge < -0.3 is 13.9 Å². The Hall–Kier alpha value is -4.07. The predicted octanol–water partition coefficient (Wildman–Crippen LogP) is 6.78. The fourth-order valence-electron chi connectivity index (χ4n) is 4.44. The van der Waals surface area contributed by atoms with Crippen LogP contribution in [0.2, 0.25) is 0 Å². The average Bonchev–Trinajstić information content (AvgIpc) is 3.56. The zero-order valence-corrected chi connectivity index (χ0v) is 19.8. The summed E-state index contributed by atoms with van der Waals surface area (Å²) in [4.78, 5) is 2.00. The number of hydrogen-bond donors (Lipinski definition) is 1. The van der Waals surface area contributed by atoms with Gasteiger partial charge in [-0.05, 0) is 77.4 Å². The second-order valence-corrected chi connectivity index (χ2v) is 8.85. The molecule has 5 rings (SSSR count). The largest absolute Gasteiger partial charge is 0.468 e. The molecule has 1 N–H and O–H groups in total. The van der Waals surface area contributed by atoms with Crippen molar-refractivity contribution >= 4 is 0 Å². The third-order valence-electron chi connectivity index (χ3n) is 6.14. The Morgan fingerprint density at radius 1 is 0.649 bits per heavy atom. The Labute approximate surface area is 212 Å². The summed E-state index contributed by atoms with van der Waals surface area (Å²) in [7, 11) is 0. The van der Waals surface area contributed by atoms with Crippen molar-refractivity contribution < 1.29 is 27.1 Å². The molecule has 0 radical (unpaired) electrons. The first-order chi connectivity index (χ1) is 17.9. The van der Waals surface area contributed by atoms with Crippen molar-refractivity contribution in [1.82, 2.24) is 4.90 Å². The van der Waals surface area contributed by atoms with Crippen LogP contribution in [0.3, 0.4) is 0 Å². The first-order valence-electron chi connectivity index (χ1n) is 11.7. The van der Waals surface area contributed by atoms with Crippen LogP contribution in [-0.2, 0) is 25.2 Å². The zero-order chi connectivity index (χ0) is 25.8. The Morgan fingerprint density at radius 3 is 1.86 bits per heavy atom. The van der Waals surface area contributed by atoms with Crippen LogP contribution in [0.1, 0.15) is 34.0 Å². The van der Waals surface area contributed by atoms with Crippen LogP contribution in [0.25, 0.3) is 0 Å². The number of halogens is 3. The standard InChI is InChI=1S/C30H24F3NO3/c31-24-8-1-5-21(15-24)18-34(19-27-11-4-14-36-27)20-28-12-13-29(37-28)30(35,22-6-2-9-25(32)16-22)23-7-3-10-26(33)17-23/h1-17,35H,18-20H2. The highest BCUT2D eigenvalue weighted by molar-refractivity contribution is 5.44. The second-order valence-electron chi connectivity index (χ2n) is 8.85. The molecule has 0 amide bonds. The second kappa shape index (κ2) is 10.5. The molecule has 0 bridgehead atoms. The first kappa shape index (κ1) is 24.6. The van der Waals surface area contributed by atoms with Gasteiger partial charge in [-0.15, -0.1) is 0 Å². The molecule has 0 aliphatic rings. The number of furan rings is 2. The number of hydrogen-bond acceptors (Lipinski definition) is 4. The molecule has 0 aliphatic carbocycles. The van der Waals surface area contributed by atoms with E-state index < -0.39 is 17.2 Å². The Morgan fingerprint density at radius 2 is 1.27 bits per heavy atom. The molecule has 0 unspecified atom stereocenters. The van der Waals surface area contributed by atoms with Crippen LogP contribution in [0.15, 0.2) is 112 Å². The van der Waals surface area contributed by atoms with E-state index in [1.807, 2.05) is 17.0 Å². The van der Waals surface area contributed by atoms with E-state index in [0.717, 1.165) is 11.3 Å². The molecule has 0 saturated carbocycles. The van der Waals surface area contributed by atoms with Gasteiger partial charge in [0, 0.05) is 6.54 Å².